The molecule has 0 radical (unpaired) electrons. The van der Waals surface area contributed by atoms with Crippen molar-refractivity contribution in [3.63, 3.8) is 0 Å². The Hall–Kier alpha value is -1.84. The van der Waals surface area contributed by atoms with E-state index in [0.717, 1.165) is 30.6 Å². The van der Waals surface area contributed by atoms with Crippen molar-refractivity contribution < 1.29 is 4.39 Å². The molecule has 0 bridgehead atoms. The van der Waals surface area contributed by atoms with Crippen LogP contribution >= 0.6 is 0 Å². The van der Waals surface area contributed by atoms with Gasteiger partial charge in [-0.2, -0.15) is 5.10 Å². The molecular weight excluding hydrogens is 253 g/mol. The van der Waals surface area contributed by atoms with Crippen molar-refractivity contribution in [2.75, 3.05) is 11.4 Å². The zero-order chi connectivity index (χ0) is 14.3. The van der Waals surface area contributed by atoms with Crippen LogP contribution in [0.2, 0.25) is 0 Å². The highest BCUT2D eigenvalue weighted by molar-refractivity contribution is 5.70. The molecule has 0 spiro atoms. The van der Waals surface area contributed by atoms with Crippen molar-refractivity contribution in [1.82, 2.24) is 9.78 Å². The molecule has 1 aromatic carbocycles. The number of nitrogens with zero attached hydrogens (tertiary/aromatic N) is 3. The summed E-state index contributed by atoms with van der Waals surface area (Å²) in [4.78, 5) is 2.31. The summed E-state index contributed by atoms with van der Waals surface area (Å²) in [6.07, 6.45) is 5.64. The Labute approximate surface area is 119 Å². The Morgan fingerprint density at radius 1 is 1.40 bits per heavy atom. The standard InChI is InChI=1S/C16H20FN3/c1-4-11(2)20-6-5-12-7-14(15(17)8-16(12)20)13-9-18-19(3)10-13/h7-11H,4-6H2,1-3H3. The normalized spacial score (nSPS) is 15.5. The average Bonchev–Trinajstić information content (AvgIpc) is 3.03. The minimum atomic E-state index is -0.160. The number of hydrogen-bond acceptors (Lipinski definition) is 2. The third kappa shape index (κ3) is 2.09. The van der Waals surface area contributed by atoms with E-state index in [2.05, 4.69) is 23.8 Å². The number of halogens is 1. The van der Waals surface area contributed by atoms with Gasteiger partial charge in [-0.3, -0.25) is 4.68 Å². The predicted octanol–water partition coefficient (Wildman–Crippen LogP) is 3.39. The molecule has 0 saturated heterocycles. The van der Waals surface area contributed by atoms with Crippen LogP contribution in [0.4, 0.5) is 10.1 Å². The lowest BCUT2D eigenvalue weighted by molar-refractivity contribution is 0.620. The molecule has 20 heavy (non-hydrogen) atoms. The first-order valence-corrected chi connectivity index (χ1v) is 7.18. The highest BCUT2D eigenvalue weighted by Gasteiger charge is 2.24. The zero-order valence-corrected chi connectivity index (χ0v) is 12.2. The molecule has 1 atom stereocenters. The quantitative estimate of drug-likeness (QED) is 0.854. The molecule has 0 saturated carbocycles. The molecule has 2 heterocycles. The molecular formula is C16H20FN3. The maximum atomic E-state index is 14.4. The summed E-state index contributed by atoms with van der Waals surface area (Å²) in [5, 5.41) is 4.12. The molecule has 4 heteroatoms. The predicted molar refractivity (Wildman–Crippen MR) is 79.4 cm³/mol. The number of fused-ring (bicyclic) bond motifs is 1. The molecule has 0 aliphatic carbocycles. The molecule has 2 aromatic rings. The van der Waals surface area contributed by atoms with Gasteiger partial charge in [0.1, 0.15) is 5.82 Å². The van der Waals surface area contributed by atoms with Crippen molar-refractivity contribution in [2.45, 2.75) is 32.7 Å². The molecule has 106 valence electrons. The van der Waals surface area contributed by atoms with Gasteiger partial charge >= 0.3 is 0 Å². The first-order chi connectivity index (χ1) is 9.60. The van der Waals surface area contributed by atoms with Crippen molar-refractivity contribution in [3.05, 3.63) is 35.9 Å². The molecule has 3 rings (SSSR count). The lowest BCUT2D eigenvalue weighted by Gasteiger charge is -2.26. The summed E-state index contributed by atoms with van der Waals surface area (Å²) in [7, 11) is 1.85. The van der Waals surface area contributed by atoms with E-state index in [0.29, 0.717) is 11.6 Å². The van der Waals surface area contributed by atoms with Gasteiger partial charge < -0.3 is 4.90 Å². The van der Waals surface area contributed by atoms with E-state index in [-0.39, 0.29) is 5.82 Å². The second kappa shape index (κ2) is 4.93. The number of hydrogen-bond donors (Lipinski definition) is 0. The molecule has 1 aliphatic heterocycles. The molecule has 0 amide bonds. The maximum Gasteiger partial charge on any atom is 0.133 e. The van der Waals surface area contributed by atoms with E-state index in [1.54, 1.807) is 16.9 Å². The Kier molecular flexibility index (Phi) is 3.24. The van der Waals surface area contributed by atoms with E-state index >= 15 is 0 Å². The molecule has 1 unspecified atom stereocenters. The smallest absolute Gasteiger partial charge is 0.133 e. The minimum absolute atomic E-state index is 0.160. The summed E-state index contributed by atoms with van der Waals surface area (Å²) in [6, 6.07) is 4.14. The number of aryl methyl sites for hydroxylation is 1. The van der Waals surface area contributed by atoms with Gasteiger partial charge in [0.25, 0.3) is 0 Å². The number of benzene rings is 1. The largest absolute Gasteiger partial charge is 0.368 e. The van der Waals surface area contributed by atoms with E-state index < -0.39 is 0 Å². The minimum Gasteiger partial charge on any atom is -0.368 e. The third-order valence-corrected chi connectivity index (χ3v) is 4.24. The van der Waals surface area contributed by atoms with Crippen molar-refractivity contribution in [3.8, 4) is 11.1 Å². The lowest BCUT2D eigenvalue weighted by Crippen LogP contribution is -2.30. The third-order valence-electron chi connectivity index (χ3n) is 4.24. The summed E-state index contributed by atoms with van der Waals surface area (Å²) < 4.78 is 16.1. The van der Waals surface area contributed by atoms with Crippen molar-refractivity contribution >= 4 is 5.69 Å². The summed E-state index contributed by atoms with van der Waals surface area (Å²) >= 11 is 0. The van der Waals surface area contributed by atoms with Crippen LogP contribution in [0.3, 0.4) is 0 Å². The van der Waals surface area contributed by atoms with Crippen LogP contribution in [-0.4, -0.2) is 22.4 Å². The SMILES string of the molecule is CCC(C)N1CCc2cc(-c3cnn(C)c3)c(F)cc21. The summed E-state index contributed by atoms with van der Waals surface area (Å²) in [5.74, 6) is -0.160. The monoisotopic (exact) mass is 273 g/mol. The fourth-order valence-corrected chi connectivity index (χ4v) is 2.90. The van der Waals surface area contributed by atoms with Crippen LogP contribution < -0.4 is 4.90 Å². The maximum absolute atomic E-state index is 14.4. The number of aromatic nitrogens is 2. The van der Waals surface area contributed by atoms with Crippen LogP contribution in [0, 0.1) is 5.82 Å². The van der Waals surface area contributed by atoms with Gasteiger partial charge in [0.15, 0.2) is 0 Å². The van der Waals surface area contributed by atoms with Gasteiger partial charge in [0.2, 0.25) is 0 Å². The molecule has 0 fully saturated rings. The van der Waals surface area contributed by atoms with Crippen LogP contribution in [0.5, 0.6) is 0 Å². The van der Waals surface area contributed by atoms with Gasteiger partial charge in [-0.15, -0.1) is 0 Å². The van der Waals surface area contributed by atoms with Gasteiger partial charge in [0.05, 0.1) is 6.20 Å². The average molecular weight is 273 g/mol. The highest BCUT2D eigenvalue weighted by atomic mass is 19.1. The summed E-state index contributed by atoms with van der Waals surface area (Å²) in [6.45, 7) is 5.35. The number of anilines is 1. The Balaban J connectivity index is 2.02. The molecule has 1 aromatic heterocycles. The van der Waals surface area contributed by atoms with E-state index in [1.807, 2.05) is 19.3 Å². The second-order valence-corrected chi connectivity index (χ2v) is 5.56. The van der Waals surface area contributed by atoms with E-state index in [1.165, 1.54) is 5.56 Å². The first kappa shape index (κ1) is 13.2. The lowest BCUT2D eigenvalue weighted by atomic mass is 10.0. The fourth-order valence-electron chi connectivity index (χ4n) is 2.90. The number of rotatable bonds is 3. The topological polar surface area (TPSA) is 21.1 Å². The van der Waals surface area contributed by atoms with Crippen LogP contribution in [0.1, 0.15) is 25.8 Å². The Morgan fingerprint density at radius 3 is 2.85 bits per heavy atom. The van der Waals surface area contributed by atoms with Crippen LogP contribution in [0.25, 0.3) is 11.1 Å². The van der Waals surface area contributed by atoms with Gasteiger partial charge in [-0.1, -0.05) is 6.92 Å². The summed E-state index contributed by atoms with van der Waals surface area (Å²) in [5.41, 5.74) is 3.80. The van der Waals surface area contributed by atoms with E-state index in [9.17, 15) is 4.39 Å². The highest BCUT2D eigenvalue weighted by Crippen LogP contribution is 2.35. The van der Waals surface area contributed by atoms with Crippen molar-refractivity contribution in [1.29, 1.82) is 0 Å². The van der Waals surface area contributed by atoms with Gasteiger partial charge in [-0.25, -0.2) is 4.39 Å². The second-order valence-electron chi connectivity index (χ2n) is 5.56. The fraction of sp³-hybridized carbons (Fsp3) is 0.438. The molecule has 0 N–H and O–H groups in total. The molecule has 1 aliphatic rings. The van der Waals surface area contributed by atoms with Gasteiger partial charge in [-0.05, 0) is 37.5 Å². The zero-order valence-electron chi connectivity index (χ0n) is 12.2. The Morgan fingerprint density at radius 2 is 2.20 bits per heavy atom. The van der Waals surface area contributed by atoms with Gasteiger partial charge in [0, 0.05) is 42.6 Å². The van der Waals surface area contributed by atoms with E-state index in [4.69, 9.17) is 0 Å². The molecule has 3 nitrogen and oxygen atoms in total. The van der Waals surface area contributed by atoms with Crippen molar-refractivity contribution in [2.24, 2.45) is 7.05 Å². The first-order valence-electron chi connectivity index (χ1n) is 7.18. The Bertz CT molecular complexity index is 633. The van der Waals surface area contributed by atoms with Crippen LogP contribution in [0.15, 0.2) is 24.5 Å². The van der Waals surface area contributed by atoms with Crippen LogP contribution in [-0.2, 0) is 13.5 Å².